The van der Waals surface area contributed by atoms with Crippen molar-refractivity contribution in [3.05, 3.63) is 24.0 Å². The van der Waals surface area contributed by atoms with Crippen molar-refractivity contribution in [2.45, 2.75) is 20.3 Å². The predicted octanol–water partition coefficient (Wildman–Crippen LogP) is 3.29. The maximum atomic E-state index is 13.3. The van der Waals surface area contributed by atoms with Crippen molar-refractivity contribution in [3.63, 3.8) is 0 Å². The molecule has 15 heavy (non-hydrogen) atoms. The van der Waals surface area contributed by atoms with Crippen LogP contribution in [0, 0.1) is 11.7 Å². The van der Waals surface area contributed by atoms with Crippen LogP contribution in [0.2, 0.25) is 0 Å². The Morgan fingerprint density at radius 1 is 1.40 bits per heavy atom. The van der Waals surface area contributed by atoms with E-state index in [0.29, 0.717) is 17.4 Å². The molecule has 0 saturated carbocycles. The molecule has 0 amide bonds. The molecule has 1 rings (SSSR count). The second-order valence-corrected chi connectivity index (χ2v) is 3.96. The highest BCUT2D eigenvalue weighted by atomic mass is 19.1. The fourth-order valence-electron chi connectivity index (χ4n) is 1.26. The molecule has 0 bridgehead atoms. The summed E-state index contributed by atoms with van der Waals surface area (Å²) in [6.45, 7) is 5.06. The first-order valence-corrected chi connectivity index (χ1v) is 5.21. The standard InChI is InChI=1S/C12H18FNO/c1-9(2)6-7-14-12-8-10(15-3)4-5-11(12)13/h4-5,8-9,14H,6-7H2,1-3H3. The van der Waals surface area contributed by atoms with Crippen molar-refractivity contribution in [2.75, 3.05) is 19.0 Å². The highest BCUT2D eigenvalue weighted by Gasteiger charge is 2.03. The van der Waals surface area contributed by atoms with Gasteiger partial charge in [0, 0.05) is 12.6 Å². The van der Waals surface area contributed by atoms with Crippen LogP contribution < -0.4 is 10.1 Å². The van der Waals surface area contributed by atoms with Crippen LogP contribution in [0.5, 0.6) is 5.75 Å². The van der Waals surface area contributed by atoms with E-state index < -0.39 is 0 Å². The Morgan fingerprint density at radius 2 is 2.13 bits per heavy atom. The summed E-state index contributed by atoms with van der Waals surface area (Å²) in [7, 11) is 1.57. The fourth-order valence-corrected chi connectivity index (χ4v) is 1.26. The molecule has 0 aliphatic rings. The highest BCUT2D eigenvalue weighted by Crippen LogP contribution is 2.21. The van der Waals surface area contributed by atoms with Gasteiger partial charge in [0.25, 0.3) is 0 Å². The van der Waals surface area contributed by atoms with Crippen molar-refractivity contribution in [3.8, 4) is 5.75 Å². The van der Waals surface area contributed by atoms with E-state index in [2.05, 4.69) is 19.2 Å². The molecule has 0 spiro atoms. The number of rotatable bonds is 5. The van der Waals surface area contributed by atoms with Crippen LogP contribution in [-0.2, 0) is 0 Å². The van der Waals surface area contributed by atoms with Gasteiger partial charge in [-0.15, -0.1) is 0 Å². The molecule has 0 saturated heterocycles. The smallest absolute Gasteiger partial charge is 0.146 e. The average Bonchev–Trinajstić information content (AvgIpc) is 2.20. The Kier molecular flexibility index (Phi) is 4.40. The largest absolute Gasteiger partial charge is 0.497 e. The Morgan fingerprint density at radius 3 is 2.73 bits per heavy atom. The van der Waals surface area contributed by atoms with Gasteiger partial charge in [0.2, 0.25) is 0 Å². The lowest BCUT2D eigenvalue weighted by Gasteiger charge is -2.10. The number of anilines is 1. The molecule has 0 aromatic heterocycles. The Hall–Kier alpha value is -1.25. The molecule has 1 N–H and O–H groups in total. The minimum absolute atomic E-state index is 0.237. The number of methoxy groups -OCH3 is 1. The van der Waals surface area contributed by atoms with Gasteiger partial charge in [0.05, 0.1) is 12.8 Å². The molecule has 0 heterocycles. The zero-order valence-electron chi connectivity index (χ0n) is 9.51. The molecule has 2 nitrogen and oxygen atoms in total. The van der Waals surface area contributed by atoms with Crippen LogP contribution in [0.25, 0.3) is 0 Å². The van der Waals surface area contributed by atoms with Gasteiger partial charge in [-0.2, -0.15) is 0 Å². The zero-order chi connectivity index (χ0) is 11.3. The highest BCUT2D eigenvalue weighted by molar-refractivity contribution is 5.49. The van der Waals surface area contributed by atoms with E-state index in [0.717, 1.165) is 13.0 Å². The van der Waals surface area contributed by atoms with Crippen molar-refractivity contribution < 1.29 is 9.13 Å². The normalized spacial score (nSPS) is 10.5. The second-order valence-electron chi connectivity index (χ2n) is 3.96. The molecular formula is C12H18FNO. The van der Waals surface area contributed by atoms with Gasteiger partial charge in [-0.3, -0.25) is 0 Å². The van der Waals surface area contributed by atoms with E-state index in [1.165, 1.54) is 6.07 Å². The Labute approximate surface area is 90.4 Å². The molecule has 0 atom stereocenters. The monoisotopic (exact) mass is 211 g/mol. The van der Waals surface area contributed by atoms with E-state index in [1.807, 2.05) is 0 Å². The molecule has 0 aliphatic carbocycles. The van der Waals surface area contributed by atoms with E-state index in [4.69, 9.17) is 4.74 Å². The third kappa shape index (κ3) is 3.78. The van der Waals surface area contributed by atoms with Crippen LogP contribution in [0.15, 0.2) is 18.2 Å². The first-order valence-electron chi connectivity index (χ1n) is 5.21. The first-order chi connectivity index (χ1) is 7.13. The van der Waals surface area contributed by atoms with Crippen molar-refractivity contribution >= 4 is 5.69 Å². The predicted molar refractivity (Wildman–Crippen MR) is 60.9 cm³/mol. The summed E-state index contributed by atoms with van der Waals surface area (Å²) in [5.74, 6) is 1.05. The van der Waals surface area contributed by atoms with E-state index in [9.17, 15) is 4.39 Å². The summed E-state index contributed by atoms with van der Waals surface area (Å²) >= 11 is 0. The lowest BCUT2D eigenvalue weighted by molar-refractivity contribution is 0.414. The summed E-state index contributed by atoms with van der Waals surface area (Å²) < 4.78 is 18.3. The number of ether oxygens (including phenoxy) is 1. The maximum absolute atomic E-state index is 13.3. The quantitative estimate of drug-likeness (QED) is 0.807. The molecule has 0 unspecified atom stereocenters. The van der Waals surface area contributed by atoms with E-state index in [-0.39, 0.29) is 5.82 Å². The fraction of sp³-hybridized carbons (Fsp3) is 0.500. The van der Waals surface area contributed by atoms with E-state index in [1.54, 1.807) is 19.2 Å². The van der Waals surface area contributed by atoms with Gasteiger partial charge >= 0.3 is 0 Å². The van der Waals surface area contributed by atoms with Gasteiger partial charge in [-0.05, 0) is 24.5 Å². The van der Waals surface area contributed by atoms with Crippen LogP contribution in [0.4, 0.5) is 10.1 Å². The molecule has 0 fully saturated rings. The molecule has 0 aliphatic heterocycles. The van der Waals surface area contributed by atoms with Crippen molar-refractivity contribution in [2.24, 2.45) is 5.92 Å². The van der Waals surface area contributed by atoms with Gasteiger partial charge < -0.3 is 10.1 Å². The number of nitrogens with one attached hydrogen (secondary N) is 1. The van der Waals surface area contributed by atoms with Gasteiger partial charge in [-0.1, -0.05) is 13.8 Å². The number of hydrogen-bond donors (Lipinski definition) is 1. The third-order valence-corrected chi connectivity index (χ3v) is 2.21. The third-order valence-electron chi connectivity index (χ3n) is 2.21. The van der Waals surface area contributed by atoms with Crippen LogP contribution >= 0.6 is 0 Å². The summed E-state index contributed by atoms with van der Waals surface area (Å²) in [6.07, 6.45) is 1.02. The van der Waals surface area contributed by atoms with Gasteiger partial charge in [-0.25, -0.2) is 4.39 Å². The topological polar surface area (TPSA) is 21.3 Å². The first kappa shape index (κ1) is 11.8. The Balaban J connectivity index is 2.59. The summed E-state index contributed by atoms with van der Waals surface area (Å²) in [5.41, 5.74) is 0.509. The molecule has 1 aromatic rings. The summed E-state index contributed by atoms with van der Waals surface area (Å²) in [5, 5.41) is 3.06. The van der Waals surface area contributed by atoms with E-state index >= 15 is 0 Å². The van der Waals surface area contributed by atoms with Gasteiger partial charge in [0.15, 0.2) is 0 Å². The SMILES string of the molecule is COc1ccc(F)c(NCCC(C)C)c1. The van der Waals surface area contributed by atoms with Crippen LogP contribution in [0.1, 0.15) is 20.3 Å². The molecule has 3 heteroatoms. The molecular weight excluding hydrogens is 193 g/mol. The van der Waals surface area contributed by atoms with Crippen molar-refractivity contribution in [1.82, 2.24) is 0 Å². The summed E-state index contributed by atoms with van der Waals surface area (Å²) in [4.78, 5) is 0. The zero-order valence-corrected chi connectivity index (χ0v) is 9.51. The maximum Gasteiger partial charge on any atom is 0.146 e. The number of benzene rings is 1. The number of halogens is 1. The number of hydrogen-bond acceptors (Lipinski definition) is 2. The molecule has 84 valence electrons. The van der Waals surface area contributed by atoms with Crippen molar-refractivity contribution in [1.29, 1.82) is 0 Å². The second kappa shape index (κ2) is 5.59. The van der Waals surface area contributed by atoms with Crippen LogP contribution in [0.3, 0.4) is 0 Å². The summed E-state index contributed by atoms with van der Waals surface area (Å²) in [6, 6.07) is 4.70. The lowest BCUT2D eigenvalue weighted by Crippen LogP contribution is -2.06. The molecule has 1 aromatic carbocycles. The lowest BCUT2D eigenvalue weighted by atomic mass is 10.1. The minimum Gasteiger partial charge on any atom is -0.497 e. The Bertz CT molecular complexity index is 312. The van der Waals surface area contributed by atoms with Gasteiger partial charge in [0.1, 0.15) is 11.6 Å². The van der Waals surface area contributed by atoms with Crippen LogP contribution in [-0.4, -0.2) is 13.7 Å². The minimum atomic E-state index is -0.237. The molecule has 0 radical (unpaired) electrons. The average molecular weight is 211 g/mol.